The lowest BCUT2D eigenvalue weighted by Gasteiger charge is -2.36. The van der Waals surface area contributed by atoms with Gasteiger partial charge in [-0.05, 0) is 61.5 Å². The van der Waals surface area contributed by atoms with Crippen molar-refractivity contribution in [2.75, 3.05) is 43.4 Å². The van der Waals surface area contributed by atoms with Crippen LogP contribution in [0.2, 0.25) is 0 Å². The number of carbonyl (C=O) groups excluding carboxylic acids is 2. The number of rotatable bonds is 8. The molecule has 1 fully saturated rings. The predicted molar refractivity (Wildman–Crippen MR) is 157 cm³/mol. The summed E-state index contributed by atoms with van der Waals surface area (Å²) in [6.07, 6.45) is -6.20. The molecular formula is C31H30F3N3O5S. The second-order valence-corrected chi connectivity index (χ2v) is 11.5. The quantitative estimate of drug-likeness (QED) is 0.377. The fourth-order valence-corrected chi connectivity index (χ4v) is 5.41. The number of nitrogens with zero attached hydrogens (tertiary/aromatic N) is 2. The van der Waals surface area contributed by atoms with Gasteiger partial charge in [-0.1, -0.05) is 30.0 Å². The van der Waals surface area contributed by atoms with Crippen molar-refractivity contribution in [3.05, 3.63) is 95.1 Å². The minimum atomic E-state index is -4.65. The minimum Gasteiger partial charge on any atom is -0.494 e. The van der Waals surface area contributed by atoms with Gasteiger partial charge >= 0.3 is 6.18 Å². The van der Waals surface area contributed by atoms with E-state index in [1.807, 2.05) is 48.2 Å². The Morgan fingerprint density at radius 3 is 2.30 bits per heavy atom. The first-order valence-corrected chi connectivity index (χ1v) is 15.2. The van der Waals surface area contributed by atoms with Gasteiger partial charge in [0.1, 0.15) is 5.75 Å². The van der Waals surface area contributed by atoms with E-state index in [-0.39, 0.29) is 11.5 Å². The van der Waals surface area contributed by atoms with Crippen molar-refractivity contribution in [1.82, 2.24) is 9.62 Å². The molecule has 0 aromatic heterocycles. The van der Waals surface area contributed by atoms with E-state index >= 15 is 0 Å². The fourth-order valence-electron chi connectivity index (χ4n) is 4.41. The molecule has 8 nitrogen and oxygen atoms in total. The predicted octanol–water partition coefficient (Wildman–Crippen LogP) is 4.46. The number of halogens is 3. The first-order chi connectivity index (χ1) is 20.4. The van der Waals surface area contributed by atoms with Gasteiger partial charge in [-0.15, -0.1) is 0 Å². The third kappa shape index (κ3) is 8.99. The Bertz CT molecular complexity index is 1620. The maximum atomic E-state index is 13.4. The molecule has 0 atom stereocenters. The third-order valence-corrected chi connectivity index (χ3v) is 7.85. The molecule has 1 heterocycles. The first kappa shape index (κ1) is 31.4. The summed E-state index contributed by atoms with van der Waals surface area (Å²) in [5, 5.41) is 0. The lowest BCUT2D eigenvalue weighted by molar-refractivity contribution is -0.130. The number of nitrogens with one attached hydrogen (secondary N) is 1. The molecule has 0 radical (unpaired) electrons. The van der Waals surface area contributed by atoms with Crippen LogP contribution in [0.15, 0.2) is 72.8 Å². The van der Waals surface area contributed by atoms with Crippen LogP contribution in [0.4, 0.5) is 18.9 Å². The van der Waals surface area contributed by atoms with E-state index in [1.165, 1.54) is 12.1 Å². The number of piperazine rings is 1. The van der Waals surface area contributed by atoms with Crippen molar-refractivity contribution >= 4 is 27.5 Å². The number of amides is 2. The molecule has 3 aromatic rings. The SMILES string of the molecule is CCOc1cccc(C#Cc2ccccc2C(=O)N2CCN(c3ccc(C(=O)NS(=O)(=O)CCC(F)(F)F)cc3)CC2)c1. The summed E-state index contributed by atoms with van der Waals surface area (Å²) in [5.74, 6) is 4.57. The van der Waals surface area contributed by atoms with Crippen LogP contribution in [0.25, 0.3) is 0 Å². The molecule has 2 amide bonds. The minimum absolute atomic E-state index is 0.00419. The molecule has 43 heavy (non-hydrogen) atoms. The van der Waals surface area contributed by atoms with E-state index in [9.17, 15) is 31.2 Å². The highest BCUT2D eigenvalue weighted by Crippen LogP contribution is 2.21. The summed E-state index contributed by atoms with van der Waals surface area (Å²) in [5.41, 5.74) is 2.64. The Labute approximate surface area is 248 Å². The van der Waals surface area contributed by atoms with Crippen LogP contribution >= 0.6 is 0 Å². The Kier molecular flexibility index (Phi) is 9.98. The largest absolute Gasteiger partial charge is 0.494 e. The second-order valence-electron chi connectivity index (χ2n) is 9.70. The molecule has 1 saturated heterocycles. The summed E-state index contributed by atoms with van der Waals surface area (Å²) in [4.78, 5) is 29.5. The third-order valence-electron chi connectivity index (χ3n) is 6.61. The van der Waals surface area contributed by atoms with Gasteiger partial charge in [0.05, 0.1) is 24.3 Å². The van der Waals surface area contributed by atoms with E-state index in [0.717, 1.165) is 17.0 Å². The molecule has 3 aromatic carbocycles. The smallest absolute Gasteiger partial charge is 0.390 e. The van der Waals surface area contributed by atoms with E-state index in [1.54, 1.807) is 33.9 Å². The molecule has 1 aliphatic rings. The summed E-state index contributed by atoms with van der Waals surface area (Å²) >= 11 is 0. The van der Waals surface area contributed by atoms with Crippen molar-refractivity contribution < 1.29 is 35.9 Å². The highest BCUT2D eigenvalue weighted by atomic mass is 32.2. The number of sulfonamides is 1. The van der Waals surface area contributed by atoms with Gasteiger partial charge in [0.25, 0.3) is 11.8 Å². The topological polar surface area (TPSA) is 96.0 Å². The monoisotopic (exact) mass is 613 g/mol. The molecule has 226 valence electrons. The van der Waals surface area contributed by atoms with Gasteiger partial charge in [-0.25, -0.2) is 13.1 Å². The summed E-state index contributed by atoms with van der Waals surface area (Å²) in [6.45, 7) is 4.37. The molecule has 0 aliphatic carbocycles. The molecule has 0 bridgehead atoms. The Morgan fingerprint density at radius 2 is 1.63 bits per heavy atom. The van der Waals surface area contributed by atoms with E-state index < -0.39 is 34.3 Å². The molecule has 4 rings (SSSR count). The fraction of sp³-hybridized carbons (Fsp3) is 0.290. The molecule has 0 saturated carbocycles. The first-order valence-electron chi connectivity index (χ1n) is 13.5. The number of benzene rings is 3. The highest BCUT2D eigenvalue weighted by Gasteiger charge is 2.30. The second kappa shape index (κ2) is 13.6. The Balaban J connectivity index is 1.36. The summed E-state index contributed by atoms with van der Waals surface area (Å²) in [6, 6.07) is 20.7. The van der Waals surface area contributed by atoms with Crippen molar-refractivity contribution in [1.29, 1.82) is 0 Å². The standard InChI is InChI=1S/C31H30F3N3O5S/c1-2-42-27-8-5-6-23(22-27)10-11-24-7-3-4-9-28(24)30(39)37-19-17-36(18-20-37)26-14-12-25(13-15-26)29(38)35-43(40,41)21-16-31(32,33)34/h3-9,12-15,22H,2,16-21H2,1H3,(H,35,38). The molecule has 0 unspecified atom stereocenters. The van der Waals surface area contributed by atoms with Crippen molar-refractivity contribution in [3.8, 4) is 17.6 Å². The van der Waals surface area contributed by atoms with E-state index in [4.69, 9.17) is 4.74 Å². The van der Waals surface area contributed by atoms with Gasteiger partial charge in [-0.3, -0.25) is 9.59 Å². The number of hydrogen-bond donors (Lipinski definition) is 1. The number of alkyl halides is 3. The maximum Gasteiger partial charge on any atom is 0.390 e. The Morgan fingerprint density at radius 1 is 0.930 bits per heavy atom. The summed E-state index contributed by atoms with van der Waals surface area (Å²) in [7, 11) is -4.44. The van der Waals surface area contributed by atoms with Crippen LogP contribution in [0.5, 0.6) is 5.75 Å². The number of hydrogen-bond acceptors (Lipinski definition) is 6. The normalized spacial score (nSPS) is 13.6. The van der Waals surface area contributed by atoms with Crippen LogP contribution in [0, 0.1) is 11.8 Å². The van der Waals surface area contributed by atoms with Crippen molar-refractivity contribution in [2.45, 2.75) is 19.5 Å². The number of anilines is 1. The maximum absolute atomic E-state index is 13.4. The van der Waals surface area contributed by atoms with E-state index in [2.05, 4.69) is 11.8 Å². The average Bonchev–Trinajstić information content (AvgIpc) is 2.99. The van der Waals surface area contributed by atoms with Crippen molar-refractivity contribution in [2.24, 2.45) is 0 Å². The van der Waals surface area contributed by atoms with Crippen molar-refractivity contribution in [3.63, 3.8) is 0 Å². The van der Waals surface area contributed by atoms with E-state index in [0.29, 0.717) is 43.9 Å². The molecule has 0 spiro atoms. The lowest BCUT2D eigenvalue weighted by Crippen LogP contribution is -2.49. The average molecular weight is 614 g/mol. The van der Waals surface area contributed by atoms with Gasteiger partial charge in [0, 0.05) is 48.6 Å². The highest BCUT2D eigenvalue weighted by molar-refractivity contribution is 7.90. The number of carbonyl (C=O) groups is 2. The lowest BCUT2D eigenvalue weighted by atomic mass is 10.1. The van der Waals surface area contributed by atoms with Crippen LogP contribution in [0.1, 0.15) is 45.2 Å². The summed E-state index contributed by atoms with van der Waals surface area (Å²) < 4.78 is 67.9. The zero-order valence-corrected chi connectivity index (χ0v) is 24.2. The zero-order valence-electron chi connectivity index (χ0n) is 23.4. The number of ether oxygens (including phenoxy) is 1. The molecular weight excluding hydrogens is 583 g/mol. The Hall–Kier alpha value is -4.50. The zero-order chi connectivity index (χ0) is 31.0. The van der Waals surface area contributed by atoms with Gasteiger partial charge in [0.15, 0.2) is 0 Å². The van der Waals surface area contributed by atoms with Gasteiger partial charge in [-0.2, -0.15) is 13.2 Å². The molecule has 12 heteroatoms. The van der Waals surface area contributed by atoms with Gasteiger partial charge in [0.2, 0.25) is 10.0 Å². The van der Waals surface area contributed by atoms with Gasteiger partial charge < -0.3 is 14.5 Å². The molecule has 1 aliphatic heterocycles. The van der Waals surface area contributed by atoms with Crippen LogP contribution in [0.3, 0.4) is 0 Å². The van der Waals surface area contributed by atoms with Crippen LogP contribution < -0.4 is 14.4 Å². The van der Waals surface area contributed by atoms with Crippen LogP contribution in [-0.4, -0.2) is 69.8 Å². The molecule has 1 N–H and O–H groups in total. The van der Waals surface area contributed by atoms with Crippen LogP contribution in [-0.2, 0) is 10.0 Å².